The molecule has 0 aromatic heterocycles. The summed E-state index contributed by atoms with van der Waals surface area (Å²) in [6.07, 6.45) is 0. The van der Waals surface area contributed by atoms with E-state index in [1.54, 1.807) is 4.90 Å². The zero-order valence-corrected chi connectivity index (χ0v) is 13.4. The molecule has 0 unspecified atom stereocenters. The van der Waals surface area contributed by atoms with Crippen molar-refractivity contribution >= 4 is 28.9 Å². The second-order valence-corrected chi connectivity index (χ2v) is 6.39. The number of anilines is 1. The maximum Gasteiger partial charge on any atom is 0.103 e. The van der Waals surface area contributed by atoms with E-state index in [4.69, 9.17) is 23.2 Å². The van der Waals surface area contributed by atoms with Crippen LogP contribution in [-0.2, 0) is 6.54 Å². The van der Waals surface area contributed by atoms with Crippen molar-refractivity contribution in [1.82, 2.24) is 0 Å². The summed E-state index contributed by atoms with van der Waals surface area (Å²) in [5.41, 5.74) is 2.62. The highest BCUT2D eigenvalue weighted by Crippen LogP contribution is 2.17. The van der Waals surface area contributed by atoms with Crippen LogP contribution in [-0.4, -0.2) is 26.2 Å². The zero-order valence-electron chi connectivity index (χ0n) is 11.9. The van der Waals surface area contributed by atoms with Crippen LogP contribution < -0.4 is 9.80 Å². The molecule has 0 amide bonds. The van der Waals surface area contributed by atoms with Crippen LogP contribution in [0.4, 0.5) is 5.69 Å². The van der Waals surface area contributed by atoms with E-state index in [0.29, 0.717) is 0 Å². The summed E-state index contributed by atoms with van der Waals surface area (Å²) < 4.78 is 0. The molecular formula is C17H19Cl2N2+. The molecule has 2 aromatic rings. The van der Waals surface area contributed by atoms with Gasteiger partial charge in [-0.1, -0.05) is 35.3 Å². The van der Waals surface area contributed by atoms with Crippen LogP contribution in [0.25, 0.3) is 0 Å². The SMILES string of the molecule is Clc1ccc(C[NH+]2CCN(c3ccc(Cl)cc3)CC2)cc1. The van der Waals surface area contributed by atoms with Crippen molar-refractivity contribution in [2.45, 2.75) is 6.54 Å². The molecule has 1 aliphatic rings. The van der Waals surface area contributed by atoms with E-state index in [1.807, 2.05) is 24.3 Å². The second-order valence-electron chi connectivity index (χ2n) is 5.52. The molecular weight excluding hydrogens is 303 g/mol. The Kier molecular flexibility index (Phi) is 4.69. The van der Waals surface area contributed by atoms with Gasteiger partial charge in [0.05, 0.1) is 26.2 Å². The molecule has 110 valence electrons. The molecule has 0 saturated carbocycles. The Morgan fingerprint density at radius 3 is 1.90 bits per heavy atom. The summed E-state index contributed by atoms with van der Waals surface area (Å²) >= 11 is 11.9. The lowest BCUT2D eigenvalue weighted by Crippen LogP contribution is -3.13. The molecule has 21 heavy (non-hydrogen) atoms. The van der Waals surface area contributed by atoms with E-state index >= 15 is 0 Å². The molecule has 1 aliphatic heterocycles. The highest BCUT2D eigenvalue weighted by atomic mass is 35.5. The Balaban J connectivity index is 1.55. The topological polar surface area (TPSA) is 7.68 Å². The average Bonchev–Trinajstić information content (AvgIpc) is 2.51. The number of hydrogen-bond acceptors (Lipinski definition) is 1. The lowest BCUT2D eigenvalue weighted by molar-refractivity contribution is -0.914. The van der Waals surface area contributed by atoms with Crippen molar-refractivity contribution in [3.8, 4) is 0 Å². The predicted octanol–water partition coefficient (Wildman–Crippen LogP) is 2.90. The highest BCUT2D eigenvalue weighted by molar-refractivity contribution is 6.30. The van der Waals surface area contributed by atoms with Gasteiger partial charge in [-0.25, -0.2) is 0 Å². The number of quaternary nitrogens is 1. The number of halogens is 2. The largest absolute Gasteiger partial charge is 0.360 e. The van der Waals surface area contributed by atoms with E-state index in [0.717, 1.165) is 42.8 Å². The highest BCUT2D eigenvalue weighted by Gasteiger charge is 2.20. The van der Waals surface area contributed by atoms with E-state index in [9.17, 15) is 0 Å². The summed E-state index contributed by atoms with van der Waals surface area (Å²) in [5, 5.41) is 1.60. The molecule has 4 heteroatoms. The standard InChI is InChI=1S/C17H18Cl2N2/c18-15-3-1-14(2-4-15)13-20-9-11-21(12-10-20)17-7-5-16(19)6-8-17/h1-8H,9-13H2/p+1. The molecule has 0 aliphatic carbocycles. The number of benzene rings is 2. The van der Waals surface area contributed by atoms with Crippen molar-refractivity contribution in [1.29, 1.82) is 0 Å². The van der Waals surface area contributed by atoms with E-state index in [1.165, 1.54) is 11.3 Å². The first-order chi connectivity index (χ1) is 10.2. The van der Waals surface area contributed by atoms with Crippen LogP contribution in [0.15, 0.2) is 48.5 Å². The van der Waals surface area contributed by atoms with Gasteiger partial charge in [-0.15, -0.1) is 0 Å². The summed E-state index contributed by atoms with van der Waals surface area (Å²) in [4.78, 5) is 4.06. The smallest absolute Gasteiger partial charge is 0.103 e. The van der Waals surface area contributed by atoms with Gasteiger partial charge in [0.2, 0.25) is 0 Å². The quantitative estimate of drug-likeness (QED) is 0.913. The van der Waals surface area contributed by atoms with E-state index < -0.39 is 0 Å². The molecule has 0 spiro atoms. The molecule has 2 aromatic carbocycles. The summed E-state index contributed by atoms with van der Waals surface area (Å²) in [6.45, 7) is 5.57. The summed E-state index contributed by atoms with van der Waals surface area (Å²) in [5.74, 6) is 0. The molecule has 0 atom stereocenters. The fraction of sp³-hybridized carbons (Fsp3) is 0.294. The van der Waals surface area contributed by atoms with Gasteiger partial charge in [0.25, 0.3) is 0 Å². The summed E-state index contributed by atoms with van der Waals surface area (Å²) in [7, 11) is 0. The van der Waals surface area contributed by atoms with Crippen molar-refractivity contribution in [3.05, 3.63) is 64.1 Å². The van der Waals surface area contributed by atoms with Gasteiger partial charge in [0.1, 0.15) is 6.54 Å². The monoisotopic (exact) mass is 321 g/mol. The van der Waals surface area contributed by atoms with Gasteiger partial charge in [-0.3, -0.25) is 0 Å². The third-order valence-corrected chi connectivity index (χ3v) is 4.53. The molecule has 0 radical (unpaired) electrons. The van der Waals surface area contributed by atoms with Gasteiger partial charge in [-0.05, 0) is 36.4 Å². The first-order valence-electron chi connectivity index (χ1n) is 7.29. The van der Waals surface area contributed by atoms with Crippen molar-refractivity contribution in [2.24, 2.45) is 0 Å². The number of hydrogen-bond donors (Lipinski definition) is 1. The minimum Gasteiger partial charge on any atom is -0.360 e. The fourth-order valence-corrected chi connectivity index (χ4v) is 3.05. The maximum atomic E-state index is 5.94. The van der Waals surface area contributed by atoms with Crippen molar-refractivity contribution in [3.63, 3.8) is 0 Å². The third-order valence-electron chi connectivity index (χ3n) is 4.03. The van der Waals surface area contributed by atoms with Crippen LogP contribution in [0.5, 0.6) is 0 Å². The van der Waals surface area contributed by atoms with Crippen LogP contribution in [0.2, 0.25) is 10.0 Å². The first-order valence-corrected chi connectivity index (χ1v) is 8.05. The minimum atomic E-state index is 0.797. The zero-order chi connectivity index (χ0) is 14.7. The second kappa shape index (κ2) is 6.69. The Morgan fingerprint density at radius 1 is 0.810 bits per heavy atom. The van der Waals surface area contributed by atoms with Gasteiger partial charge in [0.15, 0.2) is 0 Å². The maximum absolute atomic E-state index is 5.94. The number of piperazine rings is 1. The predicted molar refractivity (Wildman–Crippen MR) is 89.5 cm³/mol. The normalized spacial score (nSPS) is 16.2. The Hall–Kier alpha value is -1.22. The van der Waals surface area contributed by atoms with Crippen molar-refractivity contribution < 1.29 is 4.90 Å². The molecule has 2 nitrogen and oxygen atoms in total. The number of rotatable bonds is 3. The average molecular weight is 322 g/mol. The molecule has 1 fully saturated rings. The number of nitrogens with zero attached hydrogens (tertiary/aromatic N) is 1. The van der Waals surface area contributed by atoms with E-state index in [-0.39, 0.29) is 0 Å². The Labute approximate surface area is 135 Å². The van der Waals surface area contributed by atoms with Crippen LogP contribution in [0, 0.1) is 0 Å². The van der Waals surface area contributed by atoms with Crippen LogP contribution >= 0.6 is 23.2 Å². The minimum absolute atomic E-state index is 0.797. The molecule has 0 bridgehead atoms. The van der Waals surface area contributed by atoms with Gasteiger partial charge in [-0.2, -0.15) is 0 Å². The van der Waals surface area contributed by atoms with Crippen LogP contribution in [0.1, 0.15) is 5.56 Å². The lowest BCUT2D eigenvalue weighted by Gasteiger charge is -2.33. The number of nitrogens with one attached hydrogen (secondary N) is 1. The third kappa shape index (κ3) is 3.91. The lowest BCUT2D eigenvalue weighted by atomic mass is 10.2. The molecule has 1 heterocycles. The van der Waals surface area contributed by atoms with Crippen molar-refractivity contribution in [2.75, 3.05) is 31.1 Å². The van der Waals surface area contributed by atoms with Gasteiger partial charge in [0, 0.05) is 21.3 Å². The summed E-state index contributed by atoms with van der Waals surface area (Å²) in [6, 6.07) is 16.3. The Bertz CT molecular complexity index is 573. The van der Waals surface area contributed by atoms with Crippen LogP contribution in [0.3, 0.4) is 0 Å². The fourth-order valence-electron chi connectivity index (χ4n) is 2.80. The van der Waals surface area contributed by atoms with Gasteiger partial charge >= 0.3 is 0 Å². The van der Waals surface area contributed by atoms with E-state index in [2.05, 4.69) is 29.2 Å². The van der Waals surface area contributed by atoms with Gasteiger partial charge < -0.3 is 9.80 Å². The molecule has 1 saturated heterocycles. The molecule has 1 N–H and O–H groups in total. The first kappa shape index (κ1) is 14.7. The Morgan fingerprint density at radius 2 is 1.33 bits per heavy atom. The molecule has 3 rings (SSSR count).